The second-order valence-electron chi connectivity index (χ2n) is 2.72. The van der Waals surface area contributed by atoms with Gasteiger partial charge in [0.15, 0.2) is 0 Å². The molecule has 0 fully saturated rings. The minimum absolute atomic E-state index is 0.889. The molecule has 1 radical (unpaired) electrons. The van der Waals surface area contributed by atoms with E-state index in [-0.39, 0.29) is 0 Å². The van der Waals surface area contributed by atoms with E-state index in [2.05, 4.69) is 22.2 Å². The molecule has 0 aliphatic heterocycles. The molecular weight excluding hydrogens is 166 g/mol. The summed E-state index contributed by atoms with van der Waals surface area (Å²) in [5.41, 5.74) is 3.42. The van der Waals surface area contributed by atoms with Crippen LogP contribution < -0.4 is 5.46 Å². The van der Waals surface area contributed by atoms with Crippen molar-refractivity contribution in [3.63, 3.8) is 0 Å². The van der Waals surface area contributed by atoms with Gasteiger partial charge in [0.25, 0.3) is 0 Å². The molecule has 0 saturated heterocycles. The van der Waals surface area contributed by atoms with Gasteiger partial charge in [-0.3, -0.25) is 0 Å². The van der Waals surface area contributed by atoms with Crippen molar-refractivity contribution in [3.05, 3.63) is 29.3 Å². The van der Waals surface area contributed by atoms with E-state index in [0.29, 0.717) is 0 Å². The van der Waals surface area contributed by atoms with Gasteiger partial charge >= 0.3 is 7.48 Å². The molecule has 0 amide bonds. The van der Waals surface area contributed by atoms with Crippen LogP contribution in [0, 0.1) is 0 Å². The Kier molecular flexibility index (Phi) is 3.77. The third-order valence-corrected chi connectivity index (χ3v) is 2.41. The minimum Gasteiger partial charge on any atom is -0.450 e. The zero-order valence-corrected chi connectivity index (χ0v) is 8.40. The minimum atomic E-state index is 0.889. The standard InChI is InChI=1S/C9H13BOP/c1-2-7-3-4-9(10-11)8(5-7)6-12/h3-5,11H,2,6,12H2,1H3. The Morgan fingerprint density at radius 2 is 2.25 bits per heavy atom. The summed E-state index contributed by atoms with van der Waals surface area (Å²) in [5.74, 6) is 0. The molecular formula is C9H13BOP. The maximum Gasteiger partial charge on any atom is 0.327 e. The van der Waals surface area contributed by atoms with E-state index in [1.807, 2.05) is 12.1 Å². The molecule has 1 aromatic carbocycles. The first-order valence-electron chi connectivity index (χ1n) is 4.11. The normalized spacial score (nSPS) is 9.92. The van der Waals surface area contributed by atoms with E-state index < -0.39 is 0 Å². The smallest absolute Gasteiger partial charge is 0.327 e. The monoisotopic (exact) mass is 179 g/mol. The van der Waals surface area contributed by atoms with Crippen LogP contribution in [0.1, 0.15) is 18.1 Å². The number of hydrogen-bond donors (Lipinski definition) is 1. The maximum absolute atomic E-state index is 8.88. The number of hydrogen-bond acceptors (Lipinski definition) is 1. The van der Waals surface area contributed by atoms with Gasteiger partial charge in [-0.15, -0.1) is 9.24 Å². The molecule has 0 saturated carbocycles. The van der Waals surface area contributed by atoms with Gasteiger partial charge in [-0.1, -0.05) is 30.6 Å². The molecule has 1 nitrogen and oxygen atoms in total. The summed E-state index contributed by atoms with van der Waals surface area (Å²) in [6.45, 7) is 2.13. The highest BCUT2D eigenvalue weighted by Gasteiger charge is 2.01. The topological polar surface area (TPSA) is 20.2 Å². The van der Waals surface area contributed by atoms with Crippen molar-refractivity contribution in [2.75, 3.05) is 0 Å². The second kappa shape index (κ2) is 4.64. The Bertz CT molecular complexity index is 263. The molecule has 1 N–H and O–H groups in total. The van der Waals surface area contributed by atoms with Crippen LogP contribution in [-0.2, 0) is 12.6 Å². The molecule has 0 bridgehead atoms. The Morgan fingerprint density at radius 3 is 2.75 bits per heavy atom. The quantitative estimate of drug-likeness (QED) is 0.538. The SMILES string of the molecule is CCc1ccc([B]O)c(CP)c1. The maximum atomic E-state index is 8.88. The Labute approximate surface area is 76.7 Å². The zero-order valence-electron chi connectivity index (χ0n) is 7.25. The highest BCUT2D eigenvalue weighted by molar-refractivity contribution is 7.15. The summed E-state index contributed by atoms with van der Waals surface area (Å²) in [5, 5.41) is 8.88. The first-order valence-corrected chi connectivity index (χ1v) is 4.92. The van der Waals surface area contributed by atoms with Gasteiger partial charge in [0, 0.05) is 0 Å². The van der Waals surface area contributed by atoms with E-state index in [1.165, 1.54) is 18.6 Å². The van der Waals surface area contributed by atoms with Crippen LogP contribution in [0.25, 0.3) is 0 Å². The van der Waals surface area contributed by atoms with E-state index >= 15 is 0 Å². The summed E-state index contributed by atoms with van der Waals surface area (Å²) >= 11 is 0. The van der Waals surface area contributed by atoms with Crippen molar-refractivity contribution in [2.24, 2.45) is 0 Å². The van der Waals surface area contributed by atoms with E-state index in [4.69, 9.17) is 5.02 Å². The molecule has 0 aromatic heterocycles. The molecule has 1 rings (SSSR count). The second-order valence-corrected chi connectivity index (χ2v) is 3.13. The fraction of sp³-hybridized carbons (Fsp3) is 0.333. The van der Waals surface area contributed by atoms with Crippen LogP contribution in [0.2, 0.25) is 0 Å². The fourth-order valence-electron chi connectivity index (χ4n) is 1.18. The van der Waals surface area contributed by atoms with Gasteiger partial charge in [0.05, 0.1) is 0 Å². The Hall–Kier alpha value is -0.325. The van der Waals surface area contributed by atoms with Crippen molar-refractivity contribution >= 4 is 22.2 Å². The van der Waals surface area contributed by atoms with Gasteiger partial charge in [-0.25, -0.2) is 0 Å². The number of rotatable bonds is 3. The van der Waals surface area contributed by atoms with Crippen molar-refractivity contribution in [3.8, 4) is 0 Å². The molecule has 1 aromatic rings. The first kappa shape index (κ1) is 9.76. The van der Waals surface area contributed by atoms with E-state index in [0.717, 1.165) is 18.0 Å². The molecule has 3 heteroatoms. The molecule has 0 aliphatic carbocycles. The van der Waals surface area contributed by atoms with Crippen LogP contribution in [0.3, 0.4) is 0 Å². The van der Waals surface area contributed by atoms with Crippen LogP contribution in [0.5, 0.6) is 0 Å². The van der Waals surface area contributed by atoms with Crippen LogP contribution in [-0.4, -0.2) is 12.5 Å². The van der Waals surface area contributed by atoms with Crippen molar-refractivity contribution in [1.29, 1.82) is 0 Å². The Balaban J connectivity index is 3.02. The lowest BCUT2D eigenvalue weighted by Crippen LogP contribution is -2.18. The van der Waals surface area contributed by atoms with Crippen LogP contribution >= 0.6 is 9.24 Å². The summed E-state index contributed by atoms with van der Waals surface area (Å²) in [7, 11) is 3.83. The lowest BCUT2D eigenvalue weighted by Gasteiger charge is -2.05. The van der Waals surface area contributed by atoms with Crippen molar-refractivity contribution < 1.29 is 5.02 Å². The predicted molar refractivity (Wildman–Crippen MR) is 56.8 cm³/mol. The predicted octanol–water partition coefficient (Wildman–Crippen LogP) is 0.861. The average molecular weight is 179 g/mol. The third-order valence-electron chi connectivity index (χ3n) is 1.97. The molecule has 1 unspecified atom stereocenters. The van der Waals surface area contributed by atoms with Crippen molar-refractivity contribution in [2.45, 2.75) is 19.5 Å². The van der Waals surface area contributed by atoms with E-state index in [1.54, 1.807) is 0 Å². The lowest BCUT2D eigenvalue weighted by atomic mass is 9.84. The molecule has 0 heterocycles. The zero-order chi connectivity index (χ0) is 8.97. The summed E-state index contributed by atoms with van der Waals surface area (Å²) < 4.78 is 0. The largest absolute Gasteiger partial charge is 0.450 e. The average Bonchev–Trinajstić information content (AvgIpc) is 2.16. The Morgan fingerprint density at radius 1 is 1.50 bits per heavy atom. The molecule has 0 aliphatic rings. The summed E-state index contributed by atoms with van der Waals surface area (Å²) in [4.78, 5) is 0. The fourth-order valence-corrected chi connectivity index (χ4v) is 1.54. The molecule has 1 atom stereocenters. The lowest BCUT2D eigenvalue weighted by molar-refractivity contribution is 0.615. The summed E-state index contributed by atoms with van der Waals surface area (Å²) in [6.07, 6.45) is 1.93. The third kappa shape index (κ3) is 2.09. The molecule has 0 spiro atoms. The van der Waals surface area contributed by atoms with Gasteiger partial charge < -0.3 is 5.02 Å². The van der Waals surface area contributed by atoms with Gasteiger partial charge in [0.1, 0.15) is 0 Å². The van der Waals surface area contributed by atoms with Crippen LogP contribution in [0.4, 0.5) is 0 Å². The molecule has 63 valence electrons. The molecule has 12 heavy (non-hydrogen) atoms. The number of aryl methyl sites for hydroxylation is 1. The van der Waals surface area contributed by atoms with Crippen LogP contribution in [0.15, 0.2) is 18.2 Å². The van der Waals surface area contributed by atoms with Crippen molar-refractivity contribution in [1.82, 2.24) is 0 Å². The van der Waals surface area contributed by atoms with Gasteiger partial charge in [0.2, 0.25) is 0 Å². The van der Waals surface area contributed by atoms with E-state index in [9.17, 15) is 0 Å². The summed E-state index contributed by atoms with van der Waals surface area (Å²) in [6, 6.07) is 6.14. The first-order chi connectivity index (χ1) is 5.81. The van der Waals surface area contributed by atoms with Gasteiger partial charge in [-0.05, 0) is 23.7 Å². The highest BCUT2D eigenvalue weighted by Crippen LogP contribution is 2.07. The highest BCUT2D eigenvalue weighted by atomic mass is 31.0. The number of benzene rings is 1. The van der Waals surface area contributed by atoms with Gasteiger partial charge in [-0.2, -0.15) is 0 Å².